The molecule has 0 bridgehead atoms. The van der Waals surface area contributed by atoms with Crippen LogP contribution in [0.15, 0.2) is 146 Å². The van der Waals surface area contributed by atoms with E-state index in [1.54, 1.807) is 24.3 Å². The summed E-state index contributed by atoms with van der Waals surface area (Å²) in [5.74, 6) is 4.62. The highest BCUT2D eigenvalue weighted by atomic mass is 16.6. The van der Waals surface area contributed by atoms with E-state index in [0.29, 0.717) is 305 Å². The lowest BCUT2D eigenvalue weighted by atomic mass is 10.3. The lowest BCUT2D eigenvalue weighted by molar-refractivity contribution is -0.142. The fraction of sp³-hybridized carbons (Fsp3) is 0.500. The minimum absolute atomic E-state index is 0.288. The van der Waals surface area contributed by atoms with Gasteiger partial charge in [-0.15, -0.1) is 0 Å². The average Bonchev–Trinajstić information content (AvgIpc) is 0.888. The van der Waals surface area contributed by atoms with Crippen molar-refractivity contribution in [2.24, 2.45) is 0 Å². The molecule has 0 atom stereocenters. The van der Waals surface area contributed by atoms with E-state index in [2.05, 4.69) is 0 Å². The molecule has 6 aromatic rings. The highest BCUT2D eigenvalue weighted by molar-refractivity contribution is 5.69. The van der Waals surface area contributed by atoms with Crippen molar-refractivity contribution in [1.82, 2.24) is 0 Å². The molecule has 36 nitrogen and oxygen atoms in total. The molecule has 0 aliphatic carbocycles. The summed E-state index contributed by atoms with van der Waals surface area (Å²) < 4.78 is 125. The van der Waals surface area contributed by atoms with E-state index in [-0.39, 0.29) is 71.6 Å². The van der Waals surface area contributed by atoms with Crippen LogP contribution in [0.3, 0.4) is 0 Å². The summed E-state index contributed by atoms with van der Waals surface area (Å²) in [4.78, 5) is 127. The summed E-state index contributed by atoms with van der Waals surface area (Å²) in [5.41, 5.74) is 0. The Morgan fingerprint density at radius 3 is 0.356 bits per heavy atom. The molecule has 36 heteroatoms. The van der Waals surface area contributed by atoms with Crippen molar-refractivity contribution in [1.29, 1.82) is 0 Å². The SMILES string of the molecule is CC(=O)OCCCOc1cccc(OCCCOC(C)=O)c1.CC(=O)OCCCOc1cccc(OCCCOC(C)=O)c1.CC(=O)OCCCOc1cccc(OCCCOC(C)=O)c1.CC(=O)OCCCOc1cccc(OCCCOC(C)=O)c1.CC(=O)OCCCOc1ccccc1OCCCOC(C)=O.CC(=O)OCCCOc1ccccc1OCCCOC(C)=O. The standard InChI is InChI=1S/6C16H22O6/c4*1-13(17)19-8-4-10-21-15-6-3-7-16(12-15)22-11-5-9-20-14(2)18;2*1-13(17)19-9-5-11-21-15-7-3-4-8-16(15)22-12-6-10-20-14(2)18/h4*3,6-7,12H,4-5,8-11H2,1-2H3;2*3-4,7-8H,5-6,9-12H2,1-2H3. The molecule has 0 aliphatic rings. The summed E-state index contributed by atoms with van der Waals surface area (Å²) in [5, 5.41) is 0. The zero-order valence-electron chi connectivity index (χ0n) is 78.0. The van der Waals surface area contributed by atoms with Gasteiger partial charge in [-0.05, 0) is 72.8 Å². The van der Waals surface area contributed by atoms with Gasteiger partial charge in [0, 0.05) is 184 Å². The molecule has 6 aromatic carbocycles. The first-order chi connectivity index (χ1) is 63.5. The van der Waals surface area contributed by atoms with Crippen molar-refractivity contribution >= 4 is 71.6 Å². The monoisotopic (exact) mass is 1860 g/mol. The second-order valence-corrected chi connectivity index (χ2v) is 27.3. The van der Waals surface area contributed by atoms with Crippen molar-refractivity contribution in [3.63, 3.8) is 0 Å². The number of carbonyl (C=O) groups excluding carboxylic acids is 12. The maximum Gasteiger partial charge on any atom is 0.302 e. The Balaban J connectivity index is 0.000000792. The molecule has 0 radical (unpaired) electrons. The van der Waals surface area contributed by atoms with E-state index in [1.165, 1.54) is 83.1 Å². The first-order valence-corrected chi connectivity index (χ1v) is 43.2. The van der Waals surface area contributed by atoms with Crippen LogP contribution in [0.25, 0.3) is 0 Å². The van der Waals surface area contributed by atoms with Crippen LogP contribution >= 0.6 is 0 Å². The minimum atomic E-state index is -0.295. The summed E-state index contributed by atoms with van der Waals surface area (Å²) in [6.07, 6.45) is 7.50. The molecule has 0 aliphatic heterocycles. The lowest BCUT2D eigenvalue weighted by Gasteiger charge is -2.12. The second-order valence-electron chi connectivity index (χ2n) is 27.3. The van der Waals surface area contributed by atoms with Gasteiger partial charge < -0.3 is 114 Å². The largest absolute Gasteiger partial charge is 0.493 e. The number of esters is 12. The highest BCUT2D eigenvalue weighted by Gasteiger charge is 2.11. The Kier molecular flexibility index (Phi) is 69.4. The maximum atomic E-state index is 10.6. The van der Waals surface area contributed by atoms with Gasteiger partial charge in [0.15, 0.2) is 23.0 Å². The quantitative estimate of drug-likeness (QED) is 0.0194. The van der Waals surface area contributed by atoms with Gasteiger partial charge in [0.25, 0.3) is 0 Å². The maximum absolute atomic E-state index is 10.6. The zero-order valence-corrected chi connectivity index (χ0v) is 78.0. The molecule has 6 rings (SSSR count). The third kappa shape index (κ3) is 74.5. The van der Waals surface area contributed by atoms with Gasteiger partial charge in [0.1, 0.15) is 46.0 Å². The molecular formula is C96H132O36. The van der Waals surface area contributed by atoms with Crippen LogP contribution in [0.4, 0.5) is 0 Å². The van der Waals surface area contributed by atoms with Crippen LogP contribution in [0.1, 0.15) is 160 Å². The van der Waals surface area contributed by atoms with Crippen LogP contribution < -0.4 is 56.8 Å². The van der Waals surface area contributed by atoms with E-state index in [9.17, 15) is 57.5 Å². The van der Waals surface area contributed by atoms with Crippen LogP contribution in [-0.2, 0) is 114 Å². The van der Waals surface area contributed by atoms with Gasteiger partial charge in [0.2, 0.25) is 0 Å². The molecule has 132 heavy (non-hydrogen) atoms. The van der Waals surface area contributed by atoms with Crippen LogP contribution in [0, 0.1) is 0 Å². The fourth-order valence-corrected chi connectivity index (χ4v) is 9.54. The molecule has 0 unspecified atom stereocenters. The van der Waals surface area contributed by atoms with Gasteiger partial charge in [-0.2, -0.15) is 0 Å². The van der Waals surface area contributed by atoms with E-state index >= 15 is 0 Å². The van der Waals surface area contributed by atoms with E-state index in [4.69, 9.17) is 114 Å². The third-order valence-corrected chi connectivity index (χ3v) is 15.2. The average molecular weight is 1860 g/mol. The van der Waals surface area contributed by atoms with Gasteiger partial charge in [-0.3, -0.25) is 57.5 Å². The third-order valence-electron chi connectivity index (χ3n) is 15.2. The molecule has 0 N–H and O–H groups in total. The first kappa shape index (κ1) is 117. The van der Waals surface area contributed by atoms with Crippen LogP contribution in [0.2, 0.25) is 0 Å². The summed E-state index contributed by atoms with van der Waals surface area (Å²) in [6.45, 7) is 26.1. The van der Waals surface area contributed by atoms with Crippen LogP contribution in [0.5, 0.6) is 69.0 Å². The molecule has 0 saturated heterocycles. The highest BCUT2D eigenvalue weighted by Crippen LogP contribution is 2.29. The van der Waals surface area contributed by atoms with Gasteiger partial charge in [-0.25, -0.2) is 0 Å². The smallest absolute Gasteiger partial charge is 0.302 e. The Bertz CT molecular complexity index is 3510. The van der Waals surface area contributed by atoms with Gasteiger partial charge in [-0.1, -0.05) is 48.5 Å². The predicted molar refractivity (Wildman–Crippen MR) is 480 cm³/mol. The number of carbonyl (C=O) groups is 12. The Morgan fingerprint density at radius 2 is 0.250 bits per heavy atom. The topological polar surface area (TPSA) is 426 Å². The molecule has 0 amide bonds. The molecule has 0 saturated carbocycles. The van der Waals surface area contributed by atoms with Crippen LogP contribution in [-0.4, -0.2) is 230 Å². The molecule has 0 aromatic heterocycles. The number of ether oxygens (including phenoxy) is 24. The van der Waals surface area contributed by atoms with Crippen molar-refractivity contribution in [3.05, 3.63) is 146 Å². The van der Waals surface area contributed by atoms with Crippen molar-refractivity contribution in [2.45, 2.75) is 160 Å². The number of hydrogen-bond donors (Lipinski definition) is 0. The molecule has 0 heterocycles. The van der Waals surface area contributed by atoms with Crippen molar-refractivity contribution in [2.75, 3.05) is 159 Å². The normalized spacial score (nSPS) is 9.91. The molecular weight excluding hydrogens is 1730 g/mol. The zero-order chi connectivity index (χ0) is 97.3. The Hall–Kier alpha value is -13.4. The number of hydrogen-bond acceptors (Lipinski definition) is 36. The Morgan fingerprint density at radius 1 is 0.144 bits per heavy atom. The minimum Gasteiger partial charge on any atom is -0.493 e. The molecule has 0 fully saturated rings. The van der Waals surface area contributed by atoms with E-state index < -0.39 is 0 Å². The summed E-state index contributed by atoms with van der Waals surface area (Å²) in [6, 6.07) is 43.8. The van der Waals surface area contributed by atoms with Gasteiger partial charge >= 0.3 is 71.6 Å². The van der Waals surface area contributed by atoms with Crippen molar-refractivity contribution < 1.29 is 171 Å². The molecule has 0 spiro atoms. The first-order valence-electron chi connectivity index (χ1n) is 43.2. The number of benzene rings is 6. The summed E-state index contributed by atoms with van der Waals surface area (Å²) in [7, 11) is 0. The van der Waals surface area contributed by atoms with E-state index in [0.717, 1.165) is 0 Å². The van der Waals surface area contributed by atoms with E-state index in [1.807, 2.05) is 121 Å². The fourth-order valence-electron chi connectivity index (χ4n) is 9.54. The van der Waals surface area contributed by atoms with Crippen molar-refractivity contribution in [3.8, 4) is 69.0 Å². The lowest BCUT2D eigenvalue weighted by Crippen LogP contribution is -2.08. The number of para-hydroxylation sites is 4. The number of rotatable bonds is 60. The Labute approximate surface area is 772 Å². The van der Waals surface area contributed by atoms with Gasteiger partial charge in [0.05, 0.1) is 159 Å². The second kappa shape index (κ2) is 78.6. The molecule has 732 valence electrons. The predicted octanol–water partition coefficient (Wildman–Crippen LogP) is 14.1. The summed E-state index contributed by atoms with van der Waals surface area (Å²) >= 11 is 0.